The van der Waals surface area contributed by atoms with Crippen LogP contribution >= 0.6 is 11.3 Å². The second-order valence-electron chi connectivity index (χ2n) is 6.74. The van der Waals surface area contributed by atoms with Crippen LogP contribution in [0.3, 0.4) is 0 Å². The van der Waals surface area contributed by atoms with Crippen LogP contribution < -0.4 is 10.6 Å². The minimum absolute atomic E-state index is 0.0942. The average Bonchev–Trinajstić information content (AvgIpc) is 3.38. The van der Waals surface area contributed by atoms with Gasteiger partial charge in [-0.15, -0.1) is 11.3 Å². The fourth-order valence-corrected chi connectivity index (χ4v) is 3.49. The summed E-state index contributed by atoms with van der Waals surface area (Å²) in [5, 5.41) is 9.36. The van der Waals surface area contributed by atoms with Gasteiger partial charge in [-0.25, -0.2) is 9.37 Å². The zero-order valence-corrected chi connectivity index (χ0v) is 15.7. The molecule has 3 aromatic rings. The highest BCUT2D eigenvalue weighted by atomic mass is 32.1. The van der Waals surface area contributed by atoms with Gasteiger partial charge in [0.1, 0.15) is 11.9 Å². The topological polar surface area (TPSA) is 54.0 Å². The predicted molar refractivity (Wildman–Crippen MR) is 106 cm³/mol. The molecule has 1 aliphatic rings. The highest BCUT2D eigenvalue weighted by Crippen LogP contribution is 2.27. The molecule has 4 nitrogen and oxygen atoms in total. The largest absolute Gasteiger partial charge is 0.370 e. The molecule has 1 saturated carbocycles. The van der Waals surface area contributed by atoms with E-state index >= 15 is 0 Å². The summed E-state index contributed by atoms with van der Waals surface area (Å²) >= 11 is 1.62. The smallest absolute Gasteiger partial charge is 0.247 e. The standard InChI is InChI=1S/C21H20FN3OS/c1-13-23-19(12-27-13)14-4-8-17(9-5-14)24-20(21(26)25-18-10-11-18)15-2-6-16(22)7-3-15/h2-9,12,18,20,24H,10-11H2,1H3,(H,25,26). The van der Waals surface area contributed by atoms with Crippen molar-refractivity contribution in [2.75, 3.05) is 5.32 Å². The van der Waals surface area contributed by atoms with E-state index in [-0.39, 0.29) is 17.8 Å². The Morgan fingerprint density at radius 1 is 1.15 bits per heavy atom. The number of thiazole rings is 1. The molecule has 6 heteroatoms. The normalized spacial score (nSPS) is 14.6. The summed E-state index contributed by atoms with van der Waals surface area (Å²) in [6.07, 6.45) is 2.03. The lowest BCUT2D eigenvalue weighted by Crippen LogP contribution is -2.34. The molecule has 1 amide bonds. The average molecular weight is 381 g/mol. The summed E-state index contributed by atoms with van der Waals surface area (Å²) in [7, 11) is 0. The lowest BCUT2D eigenvalue weighted by Gasteiger charge is -2.20. The van der Waals surface area contributed by atoms with Crippen molar-refractivity contribution >= 4 is 22.9 Å². The van der Waals surface area contributed by atoms with Crippen molar-refractivity contribution in [2.24, 2.45) is 0 Å². The van der Waals surface area contributed by atoms with E-state index in [2.05, 4.69) is 15.6 Å². The van der Waals surface area contributed by atoms with Crippen LogP contribution in [0.15, 0.2) is 53.9 Å². The van der Waals surface area contributed by atoms with E-state index < -0.39 is 6.04 Å². The SMILES string of the molecule is Cc1nc(-c2ccc(NC(C(=O)NC3CC3)c3ccc(F)cc3)cc2)cs1. The first-order chi connectivity index (χ1) is 13.1. The van der Waals surface area contributed by atoms with Crippen molar-refractivity contribution in [3.63, 3.8) is 0 Å². The van der Waals surface area contributed by atoms with Crippen LogP contribution in [0.5, 0.6) is 0 Å². The molecule has 27 heavy (non-hydrogen) atoms. The number of amides is 1. The van der Waals surface area contributed by atoms with Gasteiger partial charge in [0.25, 0.3) is 0 Å². The number of hydrogen-bond acceptors (Lipinski definition) is 4. The number of aryl methyl sites for hydroxylation is 1. The number of carbonyl (C=O) groups excluding carboxylic acids is 1. The van der Waals surface area contributed by atoms with Crippen molar-refractivity contribution in [3.8, 4) is 11.3 Å². The van der Waals surface area contributed by atoms with Gasteiger partial charge >= 0.3 is 0 Å². The molecule has 1 heterocycles. The third-order valence-electron chi connectivity index (χ3n) is 4.50. The maximum Gasteiger partial charge on any atom is 0.247 e. The van der Waals surface area contributed by atoms with Gasteiger partial charge in [-0.1, -0.05) is 24.3 Å². The van der Waals surface area contributed by atoms with Crippen molar-refractivity contribution < 1.29 is 9.18 Å². The maximum atomic E-state index is 13.3. The molecule has 1 aromatic heterocycles. The Labute approximate surface area is 161 Å². The molecule has 0 radical (unpaired) electrons. The molecule has 1 unspecified atom stereocenters. The van der Waals surface area contributed by atoms with E-state index in [1.54, 1.807) is 23.5 Å². The number of carbonyl (C=O) groups is 1. The first kappa shape index (κ1) is 17.7. The molecule has 0 bridgehead atoms. The number of halogens is 1. The van der Waals surface area contributed by atoms with Gasteiger partial charge in [-0.3, -0.25) is 4.79 Å². The van der Waals surface area contributed by atoms with E-state index in [4.69, 9.17) is 0 Å². The lowest BCUT2D eigenvalue weighted by molar-refractivity contribution is -0.122. The molecule has 4 rings (SSSR count). The van der Waals surface area contributed by atoms with Crippen LogP contribution in [0, 0.1) is 12.7 Å². The molecule has 1 fully saturated rings. The molecule has 138 valence electrons. The Morgan fingerprint density at radius 2 is 1.85 bits per heavy atom. The summed E-state index contributed by atoms with van der Waals surface area (Å²) < 4.78 is 13.3. The van der Waals surface area contributed by atoms with Gasteiger partial charge in [0, 0.05) is 22.7 Å². The van der Waals surface area contributed by atoms with Gasteiger partial charge < -0.3 is 10.6 Å². The quantitative estimate of drug-likeness (QED) is 0.651. The number of aromatic nitrogens is 1. The Kier molecular flexibility index (Phi) is 4.90. The number of nitrogens with zero attached hydrogens (tertiary/aromatic N) is 1. The molecular weight excluding hydrogens is 361 g/mol. The van der Waals surface area contributed by atoms with E-state index in [0.29, 0.717) is 0 Å². The number of anilines is 1. The molecule has 0 saturated heterocycles. The lowest BCUT2D eigenvalue weighted by atomic mass is 10.0. The van der Waals surface area contributed by atoms with Crippen molar-refractivity contribution in [1.29, 1.82) is 0 Å². The zero-order valence-electron chi connectivity index (χ0n) is 14.9. The van der Waals surface area contributed by atoms with Crippen LogP contribution in [0.4, 0.5) is 10.1 Å². The van der Waals surface area contributed by atoms with Crippen LogP contribution in [0.1, 0.15) is 29.5 Å². The van der Waals surface area contributed by atoms with Crippen molar-refractivity contribution in [3.05, 3.63) is 70.3 Å². The predicted octanol–water partition coefficient (Wildman–Crippen LogP) is 4.69. The fourth-order valence-electron chi connectivity index (χ4n) is 2.87. The van der Waals surface area contributed by atoms with Crippen molar-refractivity contribution in [2.45, 2.75) is 31.8 Å². The van der Waals surface area contributed by atoms with Gasteiger partial charge in [0.05, 0.1) is 10.7 Å². The van der Waals surface area contributed by atoms with Gasteiger partial charge in [-0.05, 0) is 49.6 Å². The summed E-state index contributed by atoms with van der Waals surface area (Å²) in [4.78, 5) is 17.2. The van der Waals surface area contributed by atoms with Crippen LogP contribution in [-0.4, -0.2) is 16.9 Å². The summed E-state index contributed by atoms with van der Waals surface area (Å²) in [6, 6.07) is 13.6. The molecule has 0 spiro atoms. The first-order valence-electron chi connectivity index (χ1n) is 8.93. The molecule has 2 aromatic carbocycles. The van der Waals surface area contributed by atoms with Gasteiger partial charge in [-0.2, -0.15) is 0 Å². The summed E-state index contributed by atoms with van der Waals surface area (Å²) in [5.74, 6) is -0.411. The third-order valence-corrected chi connectivity index (χ3v) is 5.27. The summed E-state index contributed by atoms with van der Waals surface area (Å²) in [6.45, 7) is 1.98. The second-order valence-corrected chi connectivity index (χ2v) is 7.80. The van der Waals surface area contributed by atoms with Crippen LogP contribution in [0.25, 0.3) is 11.3 Å². The van der Waals surface area contributed by atoms with Crippen molar-refractivity contribution in [1.82, 2.24) is 10.3 Å². The molecule has 1 atom stereocenters. The van der Waals surface area contributed by atoms with Gasteiger partial charge in [0.2, 0.25) is 5.91 Å². The monoisotopic (exact) mass is 381 g/mol. The van der Waals surface area contributed by atoms with E-state index in [1.165, 1.54) is 12.1 Å². The highest BCUT2D eigenvalue weighted by Gasteiger charge is 2.28. The Balaban J connectivity index is 1.55. The molecule has 1 aliphatic carbocycles. The maximum absolute atomic E-state index is 13.3. The van der Waals surface area contributed by atoms with E-state index in [9.17, 15) is 9.18 Å². The van der Waals surface area contributed by atoms with E-state index in [0.717, 1.165) is 40.4 Å². The fraction of sp³-hybridized carbons (Fsp3) is 0.238. The molecular formula is C21H20FN3OS. The van der Waals surface area contributed by atoms with E-state index in [1.807, 2.05) is 36.6 Å². The minimum atomic E-state index is -0.571. The highest BCUT2D eigenvalue weighted by molar-refractivity contribution is 7.09. The number of benzene rings is 2. The number of hydrogen-bond donors (Lipinski definition) is 2. The molecule has 0 aliphatic heterocycles. The first-order valence-corrected chi connectivity index (χ1v) is 9.81. The Hall–Kier alpha value is -2.73. The van der Waals surface area contributed by atoms with Crippen LogP contribution in [0.2, 0.25) is 0 Å². The van der Waals surface area contributed by atoms with Crippen LogP contribution in [-0.2, 0) is 4.79 Å². The summed E-state index contributed by atoms with van der Waals surface area (Å²) in [5.41, 5.74) is 3.54. The zero-order chi connectivity index (χ0) is 18.8. The van der Waals surface area contributed by atoms with Gasteiger partial charge in [0.15, 0.2) is 0 Å². The number of rotatable bonds is 6. The molecule has 2 N–H and O–H groups in total. The second kappa shape index (κ2) is 7.48. The minimum Gasteiger partial charge on any atom is -0.370 e. The number of nitrogens with one attached hydrogen (secondary N) is 2. The Morgan fingerprint density at radius 3 is 2.44 bits per heavy atom. The third kappa shape index (κ3) is 4.34. The Bertz CT molecular complexity index is 933.